The number of nitrogens with zero attached hydrogens (tertiary/aromatic N) is 5. The van der Waals surface area contributed by atoms with Gasteiger partial charge in [-0.15, -0.1) is 0 Å². The molecule has 0 aliphatic carbocycles. The van der Waals surface area contributed by atoms with E-state index >= 15 is 4.79 Å². The molecule has 7 rings (SSSR count). The number of amides is 5. The number of rotatable bonds is 20. The molecule has 0 radical (unpaired) electrons. The summed E-state index contributed by atoms with van der Waals surface area (Å²) in [6, 6.07) is 24.9. The molecule has 2 heterocycles. The van der Waals surface area contributed by atoms with Gasteiger partial charge in [0.1, 0.15) is 48.2 Å². The fraction of sp³-hybridized carbons (Fsp3) is 0.333. The SMILES string of the molecule is COc1ccc(C2=NC(c3ccc(Cl)cc3)C(c3ccc(Cl)cc3)N2C(=O)N2CCN(CC(=O)NCCCCCNC(=O)/C(C#N)=C/c3ccc(OCc4ccc(C(F)(F)F)cc4C(F)(F)F)c(OC)c3)C(=O)C2)c(OC(C)C)c1. The van der Waals surface area contributed by atoms with Gasteiger partial charge < -0.3 is 39.4 Å². The van der Waals surface area contributed by atoms with E-state index in [-0.39, 0.29) is 68.5 Å². The number of amidine groups is 1. The number of hydrogen-bond donors (Lipinski definition) is 2. The molecule has 1 fully saturated rings. The highest BCUT2D eigenvalue weighted by atomic mass is 35.5. The Bertz CT molecular complexity index is 3170. The van der Waals surface area contributed by atoms with Crippen molar-refractivity contribution >= 4 is 58.9 Å². The second-order valence-corrected chi connectivity index (χ2v) is 19.6. The molecule has 2 aliphatic heterocycles. The summed E-state index contributed by atoms with van der Waals surface area (Å²) in [6.45, 7) is 3.09. The molecule has 0 saturated carbocycles. The first-order valence-corrected chi connectivity index (χ1v) is 25.9. The van der Waals surface area contributed by atoms with Crippen LogP contribution in [0.25, 0.3) is 6.08 Å². The number of carbonyl (C=O) groups is 4. The second kappa shape index (κ2) is 26.3. The van der Waals surface area contributed by atoms with Crippen LogP contribution in [0.4, 0.5) is 31.1 Å². The summed E-state index contributed by atoms with van der Waals surface area (Å²) in [5.41, 5.74) is -1.45. The van der Waals surface area contributed by atoms with Gasteiger partial charge >= 0.3 is 18.4 Å². The molecule has 2 atom stereocenters. The lowest BCUT2D eigenvalue weighted by molar-refractivity contribution is -0.143. The number of unbranched alkanes of at least 4 members (excludes halogenated alkanes) is 2. The maximum Gasteiger partial charge on any atom is 0.416 e. The molecule has 2 N–H and O–H groups in total. The van der Waals surface area contributed by atoms with Gasteiger partial charge in [0.2, 0.25) is 11.8 Å². The minimum absolute atomic E-state index is 0.0136. The quantitative estimate of drug-likeness (QED) is 0.0332. The van der Waals surface area contributed by atoms with Crippen LogP contribution in [0.1, 0.15) is 84.1 Å². The standard InChI is InChI=1S/C57H55Cl2F6N7O8/c1-34(2)80-47-29-43(77-3)19-20-44(47)53-69-51(36-10-15-41(58)16-11-36)52(37-12-17-42(59)18-13-37)72(53)55(76)71-25-24-70(50(74)32-71)31-49(73)67-22-6-5-7-23-68-54(75)39(30-66)26-35-8-21-46(48(27-35)78-4)79-33-38-9-14-40(56(60,61)62)28-45(38)57(63,64)65/h8-21,26-29,34,51-52H,5-7,22-25,31-33H2,1-4H3,(H,67,73)(H,68,75)/b39-26+. The molecule has 422 valence electrons. The molecule has 5 amide bonds. The topological polar surface area (TPSA) is 175 Å². The predicted molar refractivity (Wildman–Crippen MR) is 286 cm³/mol. The zero-order valence-electron chi connectivity index (χ0n) is 43.7. The molecular formula is C57H55Cl2F6N7O8. The molecule has 0 aromatic heterocycles. The van der Waals surface area contributed by atoms with E-state index in [1.165, 1.54) is 48.3 Å². The minimum atomic E-state index is -5.09. The van der Waals surface area contributed by atoms with Crippen LogP contribution in [-0.2, 0) is 33.3 Å². The van der Waals surface area contributed by atoms with Crippen molar-refractivity contribution in [2.75, 3.05) is 53.5 Å². The van der Waals surface area contributed by atoms with Gasteiger partial charge in [-0.3, -0.25) is 24.3 Å². The molecule has 0 spiro atoms. The van der Waals surface area contributed by atoms with Crippen LogP contribution < -0.4 is 29.6 Å². The van der Waals surface area contributed by atoms with Crippen LogP contribution in [0.2, 0.25) is 10.0 Å². The van der Waals surface area contributed by atoms with Crippen molar-refractivity contribution in [2.24, 2.45) is 4.99 Å². The predicted octanol–water partition coefficient (Wildman–Crippen LogP) is 11.2. The molecule has 23 heteroatoms. The van der Waals surface area contributed by atoms with E-state index in [0.717, 1.165) is 11.1 Å². The number of piperazine rings is 1. The number of hydrogen-bond acceptors (Lipinski definition) is 10. The van der Waals surface area contributed by atoms with Crippen LogP contribution in [0.5, 0.6) is 23.0 Å². The molecule has 15 nitrogen and oxygen atoms in total. The second-order valence-electron chi connectivity index (χ2n) is 18.8. The van der Waals surface area contributed by atoms with Crippen LogP contribution in [0, 0.1) is 11.3 Å². The number of nitrogens with one attached hydrogen (secondary N) is 2. The maximum absolute atomic E-state index is 15.1. The first kappa shape index (κ1) is 59.7. The Balaban J connectivity index is 0.906. The lowest BCUT2D eigenvalue weighted by Crippen LogP contribution is -2.57. The Kier molecular flexibility index (Phi) is 19.6. The summed E-state index contributed by atoms with van der Waals surface area (Å²) >= 11 is 12.7. The highest BCUT2D eigenvalue weighted by Gasteiger charge is 2.46. The summed E-state index contributed by atoms with van der Waals surface area (Å²) in [7, 11) is 2.78. The van der Waals surface area contributed by atoms with Crippen molar-refractivity contribution in [3.63, 3.8) is 0 Å². The van der Waals surface area contributed by atoms with Gasteiger partial charge in [0, 0.05) is 47.9 Å². The number of nitriles is 1. The summed E-state index contributed by atoms with van der Waals surface area (Å²) in [4.78, 5) is 64.4. The summed E-state index contributed by atoms with van der Waals surface area (Å²) in [6.07, 6.45) is -7.50. The number of carbonyl (C=O) groups excluding carboxylic acids is 4. The van der Waals surface area contributed by atoms with E-state index in [0.29, 0.717) is 69.9 Å². The molecule has 5 aromatic carbocycles. The fourth-order valence-electron chi connectivity index (χ4n) is 8.90. The zero-order chi connectivity index (χ0) is 57.9. The van der Waals surface area contributed by atoms with Crippen molar-refractivity contribution in [1.29, 1.82) is 5.26 Å². The number of aliphatic imine (C=N–C) groups is 1. The van der Waals surface area contributed by atoms with Crippen molar-refractivity contribution < 1.29 is 64.5 Å². The Morgan fingerprint density at radius 3 is 2.08 bits per heavy atom. The minimum Gasteiger partial charge on any atom is -0.497 e. The van der Waals surface area contributed by atoms with Crippen molar-refractivity contribution in [3.8, 4) is 29.1 Å². The average molecular weight is 1150 g/mol. The summed E-state index contributed by atoms with van der Waals surface area (Å²) in [5.74, 6) is -0.284. The maximum atomic E-state index is 15.1. The molecule has 1 saturated heterocycles. The van der Waals surface area contributed by atoms with Crippen LogP contribution in [0.3, 0.4) is 0 Å². The van der Waals surface area contributed by atoms with Gasteiger partial charge in [-0.2, -0.15) is 31.6 Å². The van der Waals surface area contributed by atoms with Crippen LogP contribution in [-0.4, -0.2) is 104 Å². The number of alkyl halides is 6. The van der Waals surface area contributed by atoms with E-state index in [4.69, 9.17) is 47.1 Å². The monoisotopic (exact) mass is 1150 g/mol. The third kappa shape index (κ3) is 15.0. The van der Waals surface area contributed by atoms with E-state index in [1.54, 1.807) is 47.4 Å². The van der Waals surface area contributed by atoms with Gasteiger partial charge in [0.05, 0.1) is 49.6 Å². The first-order chi connectivity index (χ1) is 38.1. The molecule has 5 aromatic rings. The molecule has 0 bridgehead atoms. The smallest absolute Gasteiger partial charge is 0.416 e. The molecule has 2 aliphatic rings. The number of methoxy groups -OCH3 is 2. The third-order valence-corrected chi connectivity index (χ3v) is 13.4. The van der Waals surface area contributed by atoms with Gasteiger partial charge in [0.25, 0.3) is 5.91 Å². The van der Waals surface area contributed by atoms with Crippen molar-refractivity contribution in [1.82, 2.24) is 25.3 Å². The zero-order valence-corrected chi connectivity index (χ0v) is 45.2. The third-order valence-electron chi connectivity index (χ3n) is 12.9. The molecule has 80 heavy (non-hydrogen) atoms. The largest absolute Gasteiger partial charge is 0.497 e. The Morgan fingerprint density at radius 2 is 1.46 bits per heavy atom. The lowest BCUT2D eigenvalue weighted by atomic mass is 9.93. The van der Waals surface area contributed by atoms with E-state index < -0.39 is 71.5 Å². The van der Waals surface area contributed by atoms with Crippen molar-refractivity contribution in [2.45, 2.75) is 70.3 Å². The van der Waals surface area contributed by atoms with Gasteiger partial charge in [0.15, 0.2) is 11.5 Å². The van der Waals surface area contributed by atoms with E-state index in [9.17, 15) is 46.0 Å². The molecular weight excluding hydrogens is 1100 g/mol. The van der Waals surface area contributed by atoms with Gasteiger partial charge in [-0.1, -0.05) is 59.6 Å². The van der Waals surface area contributed by atoms with Gasteiger partial charge in [-0.25, -0.2) is 4.79 Å². The Morgan fingerprint density at radius 1 is 0.787 bits per heavy atom. The lowest BCUT2D eigenvalue weighted by Gasteiger charge is -2.38. The van der Waals surface area contributed by atoms with Crippen molar-refractivity contribution in [3.05, 3.63) is 158 Å². The number of benzene rings is 5. The van der Waals surface area contributed by atoms with E-state index in [1.807, 2.05) is 44.2 Å². The average Bonchev–Trinajstić information content (AvgIpc) is 3.92. The summed E-state index contributed by atoms with van der Waals surface area (Å²) in [5, 5.41) is 16.2. The Hall–Kier alpha value is -7.96. The Labute approximate surface area is 467 Å². The number of halogens is 8. The highest BCUT2D eigenvalue weighted by molar-refractivity contribution is 6.30. The summed E-state index contributed by atoms with van der Waals surface area (Å²) < 4.78 is 103. The fourth-order valence-corrected chi connectivity index (χ4v) is 9.15. The first-order valence-electron chi connectivity index (χ1n) is 25.1. The van der Waals surface area contributed by atoms with Crippen LogP contribution >= 0.6 is 23.2 Å². The number of urea groups is 1. The van der Waals surface area contributed by atoms with Gasteiger partial charge in [-0.05, 0) is 117 Å². The van der Waals surface area contributed by atoms with Crippen LogP contribution in [0.15, 0.2) is 114 Å². The highest BCUT2D eigenvalue weighted by Crippen LogP contribution is 2.46. The number of ether oxygens (including phenoxy) is 4. The normalized spacial score (nSPS) is 15.8. The molecule has 2 unspecified atom stereocenters. The van der Waals surface area contributed by atoms with E-state index in [2.05, 4.69) is 10.6 Å².